The molecule has 0 aliphatic carbocycles. The summed E-state index contributed by atoms with van der Waals surface area (Å²) >= 11 is 0. The van der Waals surface area contributed by atoms with E-state index < -0.39 is 0 Å². The van der Waals surface area contributed by atoms with Crippen LogP contribution in [0.3, 0.4) is 0 Å². The molecule has 0 unspecified atom stereocenters. The highest BCUT2D eigenvalue weighted by molar-refractivity contribution is 5.99. The predicted molar refractivity (Wildman–Crippen MR) is 118 cm³/mol. The topological polar surface area (TPSA) is 0 Å². The Morgan fingerprint density at radius 1 is 0.500 bits per heavy atom. The first-order valence-electron chi connectivity index (χ1n) is 9.85. The largest absolute Gasteiger partial charge is 0.0689 e. The molecular formula is C26H32. The average Bonchev–Trinajstić information content (AvgIpc) is 2.57. The van der Waals surface area contributed by atoms with Crippen molar-refractivity contribution in [2.24, 2.45) is 0 Å². The van der Waals surface area contributed by atoms with Crippen molar-refractivity contribution < 1.29 is 0 Å². The van der Waals surface area contributed by atoms with Gasteiger partial charge in [0, 0.05) is 0 Å². The fourth-order valence-electron chi connectivity index (χ4n) is 3.96. The van der Waals surface area contributed by atoms with Crippen molar-refractivity contribution >= 4 is 32.7 Å². The van der Waals surface area contributed by atoms with E-state index in [1.807, 2.05) is 0 Å². The van der Waals surface area contributed by atoms with Crippen LogP contribution in [0.25, 0.3) is 32.7 Å². The quantitative estimate of drug-likeness (QED) is 0.458. The van der Waals surface area contributed by atoms with Gasteiger partial charge in [-0.2, -0.15) is 0 Å². The van der Waals surface area contributed by atoms with Crippen LogP contribution in [-0.4, -0.2) is 0 Å². The first kappa shape index (κ1) is 18.7. The molecule has 0 saturated carbocycles. The van der Waals surface area contributed by atoms with Gasteiger partial charge in [0.1, 0.15) is 0 Å². The van der Waals surface area contributed by atoms with Crippen LogP contribution in [0.15, 0.2) is 36.4 Å². The Balaban J connectivity index is 2.45. The van der Waals surface area contributed by atoms with E-state index in [4.69, 9.17) is 0 Å². The summed E-state index contributed by atoms with van der Waals surface area (Å²) in [7, 11) is 0. The van der Waals surface area contributed by atoms with Gasteiger partial charge in [-0.1, -0.05) is 51.0 Å². The summed E-state index contributed by atoms with van der Waals surface area (Å²) in [5.74, 6) is 1.06. The van der Waals surface area contributed by atoms with Gasteiger partial charge in [0.15, 0.2) is 0 Å². The van der Waals surface area contributed by atoms with Crippen molar-refractivity contribution in [1.29, 1.82) is 0 Å². The second kappa shape index (κ2) is 6.91. The van der Waals surface area contributed by atoms with Crippen molar-refractivity contribution in [3.63, 3.8) is 0 Å². The molecule has 3 aromatic carbocycles. The highest BCUT2D eigenvalue weighted by Crippen LogP contribution is 2.26. The van der Waals surface area contributed by atoms with Crippen LogP contribution in [0.4, 0.5) is 0 Å². The molecule has 0 aromatic heterocycles. The van der Waals surface area contributed by atoms with E-state index >= 15 is 0 Å². The van der Waals surface area contributed by atoms with Gasteiger partial charge in [0.05, 0.1) is 0 Å². The third kappa shape index (κ3) is 3.30. The Bertz CT molecular complexity index is 1010. The lowest BCUT2D eigenvalue weighted by molar-refractivity contribution is 0.859. The summed E-state index contributed by atoms with van der Waals surface area (Å²) in [6, 6.07) is 14.3. The van der Waals surface area contributed by atoms with Crippen LogP contribution in [0.5, 0.6) is 0 Å². The van der Waals surface area contributed by atoms with E-state index in [9.17, 15) is 0 Å². The van der Waals surface area contributed by atoms with E-state index in [0.717, 1.165) is 0 Å². The van der Waals surface area contributed by atoms with E-state index in [-0.39, 0.29) is 0 Å². The Morgan fingerprint density at radius 2 is 0.808 bits per heavy atom. The van der Waals surface area contributed by atoms with E-state index in [2.05, 4.69) is 91.8 Å². The zero-order valence-corrected chi connectivity index (χ0v) is 17.6. The number of benzene rings is 3. The highest BCUT2D eigenvalue weighted by Gasteiger charge is 2.09. The monoisotopic (exact) mass is 344 g/mol. The number of rotatable bonds is 2. The number of hydrogen-bond donors (Lipinski definition) is 0. The molecule has 0 aliphatic heterocycles. The van der Waals surface area contributed by atoms with Crippen molar-refractivity contribution in [3.8, 4) is 0 Å². The summed E-state index contributed by atoms with van der Waals surface area (Å²) in [6.07, 6.45) is 0. The fraction of sp³-hybridized carbons (Fsp3) is 0.385. The van der Waals surface area contributed by atoms with Crippen LogP contribution in [0.2, 0.25) is 0 Å². The van der Waals surface area contributed by atoms with Crippen molar-refractivity contribution in [2.45, 2.75) is 67.2 Å². The van der Waals surface area contributed by atoms with Gasteiger partial charge < -0.3 is 0 Å². The Kier molecular flexibility index (Phi) is 4.97. The summed E-state index contributed by atoms with van der Waals surface area (Å²) < 4.78 is 0. The normalized spacial score (nSPS) is 11.8. The van der Waals surface area contributed by atoms with Crippen LogP contribution in [0.1, 0.15) is 78.4 Å². The minimum atomic E-state index is 0.532. The molecule has 0 spiro atoms. The average molecular weight is 345 g/mol. The standard InChI is InChI=1S/C26H32/c1-15(2)23-11-19-9-21-13-25(17(5)6)26(18(7)8)14-22(21)10-20(19)12-24(23)16(3)4/h9-15,18H,1-8H3. The van der Waals surface area contributed by atoms with Gasteiger partial charge >= 0.3 is 0 Å². The highest BCUT2D eigenvalue weighted by atomic mass is 14.1. The van der Waals surface area contributed by atoms with Crippen molar-refractivity contribution in [1.82, 2.24) is 0 Å². The van der Waals surface area contributed by atoms with Gasteiger partial charge in [-0.3, -0.25) is 0 Å². The predicted octanol–water partition coefficient (Wildman–Crippen LogP) is 6.62. The molecule has 0 N–H and O–H groups in total. The molecule has 0 heterocycles. The van der Waals surface area contributed by atoms with E-state index in [0.29, 0.717) is 11.8 Å². The molecule has 3 rings (SSSR count). The van der Waals surface area contributed by atoms with Gasteiger partial charge in [-0.05, 0) is 107 Å². The zero-order valence-electron chi connectivity index (χ0n) is 17.6. The molecule has 0 atom stereocenters. The summed E-state index contributed by atoms with van der Waals surface area (Å²) in [5.41, 5.74) is 5.69. The maximum atomic E-state index is 2.40. The van der Waals surface area contributed by atoms with Gasteiger partial charge in [-0.15, -0.1) is 0 Å². The second-order valence-corrected chi connectivity index (χ2v) is 8.73. The third-order valence-corrected chi connectivity index (χ3v) is 5.45. The third-order valence-electron chi connectivity index (χ3n) is 5.45. The van der Waals surface area contributed by atoms with Gasteiger partial charge in [-0.25, -0.2) is 0 Å². The lowest BCUT2D eigenvalue weighted by atomic mass is 9.91. The Labute approximate surface area is 158 Å². The first-order chi connectivity index (χ1) is 12.2. The van der Waals surface area contributed by atoms with E-state index in [1.54, 1.807) is 0 Å². The molecule has 0 nitrogen and oxygen atoms in total. The minimum absolute atomic E-state index is 0.532. The smallest absolute Gasteiger partial charge is 0.0172 e. The van der Waals surface area contributed by atoms with Crippen molar-refractivity contribution in [3.05, 3.63) is 58.0 Å². The maximum absolute atomic E-state index is 2.40. The number of hydrogen-bond acceptors (Lipinski definition) is 0. The molecule has 0 saturated heterocycles. The Morgan fingerprint density at radius 3 is 1.08 bits per heavy atom. The molecule has 3 aromatic rings. The SMILES string of the molecule is CC(C)=c1cc2cc3cc(C(C)C)c(=C(C)C)cc3cc2cc1C(C)C. The lowest BCUT2D eigenvalue weighted by Gasteiger charge is -2.14. The van der Waals surface area contributed by atoms with Gasteiger partial charge in [0.2, 0.25) is 0 Å². The van der Waals surface area contributed by atoms with Gasteiger partial charge in [0.25, 0.3) is 0 Å². The molecule has 26 heavy (non-hydrogen) atoms. The van der Waals surface area contributed by atoms with E-state index in [1.165, 1.54) is 54.3 Å². The Hall–Kier alpha value is -2.08. The first-order valence-corrected chi connectivity index (χ1v) is 9.85. The van der Waals surface area contributed by atoms with Crippen molar-refractivity contribution in [2.75, 3.05) is 0 Å². The molecule has 0 radical (unpaired) electrons. The van der Waals surface area contributed by atoms with Crippen LogP contribution in [-0.2, 0) is 0 Å². The maximum Gasteiger partial charge on any atom is -0.0172 e. The van der Waals surface area contributed by atoms with Crippen LogP contribution in [0, 0.1) is 0 Å². The summed E-state index contributed by atoms with van der Waals surface area (Å²) in [6.45, 7) is 18.0. The molecule has 136 valence electrons. The lowest BCUT2D eigenvalue weighted by Crippen LogP contribution is -2.13. The molecule has 0 fully saturated rings. The molecule has 0 heteroatoms. The zero-order chi connectivity index (χ0) is 19.2. The summed E-state index contributed by atoms with van der Waals surface area (Å²) in [4.78, 5) is 0. The molecule has 0 bridgehead atoms. The second-order valence-electron chi connectivity index (χ2n) is 8.73. The van der Waals surface area contributed by atoms with Crippen LogP contribution < -0.4 is 10.4 Å². The van der Waals surface area contributed by atoms with Crippen LogP contribution >= 0.6 is 0 Å². The molecule has 0 amide bonds. The molecule has 0 aliphatic rings. The number of fused-ring (bicyclic) bond motifs is 2. The summed E-state index contributed by atoms with van der Waals surface area (Å²) in [5, 5.41) is 8.21. The fourth-order valence-corrected chi connectivity index (χ4v) is 3.96. The minimum Gasteiger partial charge on any atom is -0.0689 e. The molecular weight excluding hydrogens is 312 g/mol.